The highest BCUT2D eigenvalue weighted by molar-refractivity contribution is 5.54. The zero-order valence-electron chi connectivity index (χ0n) is 12.8. The fourth-order valence-electron chi connectivity index (χ4n) is 2.54. The van der Waals surface area contributed by atoms with Crippen molar-refractivity contribution in [1.29, 1.82) is 0 Å². The van der Waals surface area contributed by atoms with Crippen LogP contribution in [0.3, 0.4) is 0 Å². The largest absolute Gasteiger partial charge is 0.385 e. The average Bonchev–Trinajstić information content (AvgIpc) is 2.38. The molecule has 1 heterocycles. The maximum absolute atomic E-state index is 3.69. The second kappa shape index (κ2) is 5.96. The van der Waals surface area contributed by atoms with Crippen LogP contribution in [-0.4, -0.2) is 19.6 Å². The normalized spacial score (nSPS) is 19.1. The Balaban J connectivity index is 1.91. The predicted octanol–water partition coefficient (Wildman–Crippen LogP) is 3.86. The van der Waals surface area contributed by atoms with Gasteiger partial charge in [0, 0.05) is 31.2 Å². The second-order valence-electron chi connectivity index (χ2n) is 6.77. The first kappa shape index (κ1) is 14.4. The van der Waals surface area contributed by atoms with Crippen molar-refractivity contribution in [2.24, 2.45) is 11.3 Å². The molecule has 0 radical (unpaired) electrons. The quantitative estimate of drug-likeness (QED) is 0.840. The average molecular weight is 260 g/mol. The fourth-order valence-corrected chi connectivity index (χ4v) is 2.54. The summed E-state index contributed by atoms with van der Waals surface area (Å²) < 4.78 is 0. The van der Waals surface area contributed by atoms with Gasteiger partial charge in [0.05, 0.1) is 0 Å². The lowest BCUT2D eigenvalue weighted by molar-refractivity contribution is 0.236. The molecular weight excluding hydrogens is 232 g/mol. The molecule has 1 aromatic carbocycles. The molecule has 0 amide bonds. The van der Waals surface area contributed by atoms with E-state index in [0.29, 0.717) is 17.3 Å². The highest BCUT2D eigenvalue weighted by Crippen LogP contribution is 2.31. The van der Waals surface area contributed by atoms with Crippen LogP contribution >= 0.6 is 0 Å². The summed E-state index contributed by atoms with van der Waals surface area (Å²) in [6, 6.07) is 8.72. The minimum atomic E-state index is 0.367. The topological polar surface area (TPSA) is 24.1 Å². The Hall–Kier alpha value is -1.02. The van der Waals surface area contributed by atoms with Crippen molar-refractivity contribution >= 4 is 5.69 Å². The molecule has 2 rings (SSSR count). The summed E-state index contributed by atoms with van der Waals surface area (Å²) in [6.45, 7) is 12.6. The Morgan fingerprint density at radius 2 is 2.05 bits per heavy atom. The lowest BCUT2D eigenvalue weighted by Crippen LogP contribution is -2.36. The molecule has 0 saturated carbocycles. The van der Waals surface area contributed by atoms with Crippen LogP contribution in [0, 0.1) is 11.3 Å². The summed E-state index contributed by atoms with van der Waals surface area (Å²) in [6.07, 6.45) is 1.23. The van der Waals surface area contributed by atoms with Gasteiger partial charge in [-0.1, -0.05) is 45.9 Å². The van der Waals surface area contributed by atoms with E-state index in [1.54, 1.807) is 0 Å². The van der Waals surface area contributed by atoms with E-state index in [9.17, 15) is 0 Å². The molecule has 1 aromatic rings. The zero-order chi connectivity index (χ0) is 13.9. The maximum atomic E-state index is 3.69. The van der Waals surface area contributed by atoms with E-state index in [1.165, 1.54) is 17.7 Å². The smallest absolute Gasteiger partial charge is 0.0376 e. The molecule has 1 unspecified atom stereocenters. The van der Waals surface area contributed by atoms with Crippen molar-refractivity contribution in [3.05, 3.63) is 29.8 Å². The van der Waals surface area contributed by atoms with E-state index in [1.807, 2.05) is 0 Å². The minimum absolute atomic E-state index is 0.367. The van der Waals surface area contributed by atoms with Crippen LogP contribution in [0.25, 0.3) is 0 Å². The fraction of sp³-hybridized carbons (Fsp3) is 0.647. The Kier molecular flexibility index (Phi) is 4.51. The van der Waals surface area contributed by atoms with Gasteiger partial charge >= 0.3 is 0 Å². The molecule has 1 atom stereocenters. The Labute approximate surface area is 118 Å². The van der Waals surface area contributed by atoms with Crippen LogP contribution in [0.15, 0.2) is 24.3 Å². The van der Waals surface area contributed by atoms with Crippen molar-refractivity contribution in [2.75, 3.05) is 25.0 Å². The molecule has 0 aliphatic carbocycles. The van der Waals surface area contributed by atoms with Crippen LogP contribution in [0.4, 0.5) is 5.69 Å². The first-order chi connectivity index (χ1) is 9.00. The number of benzene rings is 1. The number of nitrogens with one attached hydrogen (secondary N) is 2. The number of rotatable bonds is 5. The molecule has 106 valence electrons. The highest BCUT2D eigenvalue weighted by atomic mass is 14.9. The van der Waals surface area contributed by atoms with Gasteiger partial charge < -0.3 is 10.6 Å². The van der Waals surface area contributed by atoms with Gasteiger partial charge in [0.2, 0.25) is 0 Å². The third-order valence-corrected chi connectivity index (χ3v) is 4.74. The molecule has 0 bridgehead atoms. The summed E-state index contributed by atoms with van der Waals surface area (Å²) in [4.78, 5) is 0. The van der Waals surface area contributed by atoms with Crippen LogP contribution in [0.5, 0.6) is 0 Å². The molecule has 0 fully saturated rings. The van der Waals surface area contributed by atoms with E-state index in [0.717, 1.165) is 19.6 Å². The number of anilines is 1. The second-order valence-corrected chi connectivity index (χ2v) is 6.77. The van der Waals surface area contributed by atoms with Crippen LogP contribution < -0.4 is 10.6 Å². The molecule has 2 nitrogen and oxygen atoms in total. The molecule has 2 heteroatoms. The first-order valence-corrected chi connectivity index (χ1v) is 7.54. The molecule has 1 aliphatic heterocycles. The van der Waals surface area contributed by atoms with Gasteiger partial charge in [0.25, 0.3) is 0 Å². The van der Waals surface area contributed by atoms with Crippen LogP contribution in [-0.2, 0) is 0 Å². The molecule has 0 saturated heterocycles. The third kappa shape index (κ3) is 3.50. The predicted molar refractivity (Wildman–Crippen MR) is 83.8 cm³/mol. The Morgan fingerprint density at radius 1 is 1.32 bits per heavy atom. The third-order valence-electron chi connectivity index (χ3n) is 4.74. The van der Waals surface area contributed by atoms with E-state index in [-0.39, 0.29) is 0 Å². The number of hydrogen-bond acceptors (Lipinski definition) is 2. The highest BCUT2D eigenvalue weighted by Gasteiger charge is 2.23. The van der Waals surface area contributed by atoms with E-state index < -0.39 is 0 Å². The molecular formula is C17H28N2. The molecule has 2 N–H and O–H groups in total. The molecule has 0 spiro atoms. The molecule has 0 aromatic heterocycles. The molecule has 19 heavy (non-hydrogen) atoms. The van der Waals surface area contributed by atoms with Gasteiger partial charge in [-0.05, 0) is 29.4 Å². The number of fused-ring (bicyclic) bond motifs is 1. The zero-order valence-corrected chi connectivity index (χ0v) is 12.8. The van der Waals surface area contributed by atoms with Gasteiger partial charge in [-0.25, -0.2) is 0 Å². The summed E-state index contributed by atoms with van der Waals surface area (Å²) >= 11 is 0. The monoisotopic (exact) mass is 260 g/mol. The summed E-state index contributed by atoms with van der Waals surface area (Å²) in [5.41, 5.74) is 3.17. The lowest BCUT2D eigenvalue weighted by atomic mass is 9.81. The summed E-state index contributed by atoms with van der Waals surface area (Å²) in [5.74, 6) is 1.36. The Bertz CT molecular complexity index is 409. The minimum Gasteiger partial charge on any atom is -0.385 e. The first-order valence-electron chi connectivity index (χ1n) is 7.54. The SMILES string of the molecule is CC(C)C(C)(C)CNCC1CCNc2ccccc21. The maximum Gasteiger partial charge on any atom is 0.0376 e. The van der Waals surface area contributed by atoms with Crippen molar-refractivity contribution in [1.82, 2.24) is 5.32 Å². The van der Waals surface area contributed by atoms with Crippen molar-refractivity contribution < 1.29 is 0 Å². The van der Waals surface area contributed by atoms with Gasteiger partial charge in [-0.15, -0.1) is 0 Å². The number of hydrogen-bond donors (Lipinski definition) is 2. The van der Waals surface area contributed by atoms with Crippen LogP contribution in [0.2, 0.25) is 0 Å². The summed E-state index contributed by atoms with van der Waals surface area (Å²) in [7, 11) is 0. The van der Waals surface area contributed by atoms with Gasteiger partial charge in [-0.2, -0.15) is 0 Å². The number of para-hydroxylation sites is 1. The van der Waals surface area contributed by atoms with Crippen molar-refractivity contribution in [3.8, 4) is 0 Å². The Morgan fingerprint density at radius 3 is 2.79 bits per heavy atom. The van der Waals surface area contributed by atoms with E-state index in [4.69, 9.17) is 0 Å². The van der Waals surface area contributed by atoms with Gasteiger partial charge in [0.15, 0.2) is 0 Å². The molecule has 1 aliphatic rings. The van der Waals surface area contributed by atoms with E-state index >= 15 is 0 Å². The summed E-state index contributed by atoms with van der Waals surface area (Å²) in [5, 5.41) is 7.18. The van der Waals surface area contributed by atoms with Gasteiger partial charge in [0.1, 0.15) is 0 Å². The van der Waals surface area contributed by atoms with Crippen molar-refractivity contribution in [2.45, 2.75) is 40.0 Å². The van der Waals surface area contributed by atoms with Gasteiger partial charge in [-0.3, -0.25) is 0 Å². The van der Waals surface area contributed by atoms with Crippen LogP contribution in [0.1, 0.15) is 45.6 Å². The van der Waals surface area contributed by atoms with E-state index in [2.05, 4.69) is 62.6 Å². The van der Waals surface area contributed by atoms with Crippen molar-refractivity contribution in [3.63, 3.8) is 0 Å². The lowest BCUT2D eigenvalue weighted by Gasteiger charge is -2.32. The standard InChI is InChI=1S/C17H28N2/c1-13(2)17(3,4)12-18-11-14-9-10-19-16-8-6-5-7-15(14)16/h5-8,13-14,18-19H,9-12H2,1-4H3.